The Morgan fingerprint density at radius 1 is 1.05 bits per heavy atom. The Labute approximate surface area is 220 Å². The summed E-state index contributed by atoms with van der Waals surface area (Å²) in [6, 6.07) is 11.3. The number of carboxylic acids is 1. The zero-order chi connectivity index (χ0) is 27.9. The molecule has 0 fully saturated rings. The molecule has 1 aromatic heterocycles. The average Bonchev–Trinajstić information content (AvgIpc) is 3.35. The van der Waals surface area contributed by atoms with Crippen LogP contribution in [0.4, 0.5) is 0 Å². The molecule has 2 aromatic carbocycles. The molecule has 7 N–H and O–H groups in total. The fraction of sp³-hybridized carbons (Fsp3) is 0.385. The van der Waals surface area contributed by atoms with Crippen LogP contribution in [0.2, 0.25) is 0 Å². The van der Waals surface area contributed by atoms with Gasteiger partial charge in [-0.1, -0.05) is 56.3 Å². The number of imidazole rings is 1. The molecule has 0 saturated heterocycles. The number of carbonyl (C=O) groups excluding carboxylic acids is 2. The number of aromatic nitrogens is 2. The molecule has 0 bridgehead atoms. The lowest BCUT2D eigenvalue weighted by atomic mass is 9.98. The van der Waals surface area contributed by atoms with E-state index < -0.39 is 49.2 Å². The van der Waals surface area contributed by atoms with Gasteiger partial charge in [-0.25, -0.2) is 4.98 Å². The number of nitrogens with one attached hydrogen (secondary N) is 3. The molecule has 2 amide bonds. The number of rotatable bonds is 13. The lowest BCUT2D eigenvalue weighted by molar-refractivity contribution is -0.134. The Bertz CT molecular complexity index is 1310. The molecular formula is C26H34N5O6P. The van der Waals surface area contributed by atoms with Crippen LogP contribution >= 0.6 is 7.37 Å². The molecule has 2 unspecified atom stereocenters. The number of benzene rings is 2. The van der Waals surface area contributed by atoms with E-state index in [9.17, 15) is 23.8 Å². The van der Waals surface area contributed by atoms with E-state index in [2.05, 4.69) is 20.6 Å². The first kappa shape index (κ1) is 29.0. The van der Waals surface area contributed by atoms with Crippen molar-refractivity contribution in [1.29, 1.82) is 0 Å². The van der Waals surface area contributed by atoms with E-state index in [1.165, 1.54) is 6.33 Å². The van der Waals surface area contributed by atoms with Gasteiger partial charge in [-0.3, -0.25) is 18.9 Å². The zero-order valence-electron chi connectivity index (χ0n) is 21.3. The van der Waals surface area contributed by atoms with Crippen molar-refractivity contribution in [3.05, 3.63) is 66.2 Å². The Hall–Kier alpha value is -3.53. The largest absolute Gasteiger partial charge is 0.481 e. The maximum absolute atomic E-state index is 13.3. The number of amides is 2. The highest BCUT2D eigenvalue weighted by Gasteiger charge is 2.37. The fourth-order valence-corrected chi connectivity index (χ4v) is 5.93. The summed E-state index contributed by atoms with van der Waals surface area (Å²) in [5.41, 5.74) is 7.60. The highest BCUT2D eigenvalue weighted by Crippen LogP contribution is 2.47. The SMILES string of the molecule is CC(C)CC(NC(=O)[C@H](Cc1c[nH]cn1)NC(=O)[C@H](N)Cc1cccc2ccccc12)P(=O)(O)CC(=O)O. The first-order valence-corrected chi connectivity index (χ1v) is 14.2. The van der Waals surface area contributed by atoms with Gasteiger partial charge in [0.2, 0.25) is 19.2 Å². The van der Waals surface area contributed by atoms with Gasteiger partial charge in [0.05, 0.1) is 18.1 Å². The van der Waals surface area contributed by atoms with Crippen LogP contribution in [0.1, 0.15) is 31.5 Å². The van der Waals surface area contributed by atoms with Gasteiger partial charge in [0.1, 0.15) is 18.0 Å². The van der Waals surface area contributed by atoms with Crippen LogP contribution in [0, 0.1) is 5.92 Å². The van der Waals surface area contributed by atoms with Gasteiger partial charge >= 0.3 is 5.97 Å². The number of hydrogen-bond donors (Lipinski definition) is 6. The minimum absolute atomic E-state index is 0.00881. The molecule has 38 heavy (non-hydrogen) atoms. The quantitative estimate of drug-likeness (QED) is 0.177. The minimum Gasteiger partial charge on any atom is -0.481 e. The topological polar surface area (TPSA) is 187 Å². The summed E-state index contributed by atoms with van der Waals surface area (Å²) in [5, 5.41) is 16.2. The molecule has 0 saturated carbocycles. The number of hydrogen-bond acceptors (Lipinski definition) is 6. The number of nitrogens with two attached hydrogens (primary N) is 1. The Morgan fingerprint density at radius 2 is 1.76 bits per heavy atom. The third kappa shape index (κ3) is 7.98. The number of carbonyl (C=O) groups is 3. The van der Waals surface area contributed by atoms with Gasteiger partial charge in [-0.2, -0.15) is 0 Å². The number of nitrogens with zero attached hydrogens (tertiary/aromatic N) is 1. The predicted octanol–water partition coefficient (Wildman–Crippen LogP) is 2.00. The van der Waals surface area contributed by atoms with Gasteiger partial charge in [-0.05, 0) is 35.1 Å². The maximum atomic E-state index is 13.3. The second-order valence-corrected chi connectivity index (χ2v) is 12.2. The zero-order valence-corrected chi connectivity index (χ0v) is 22.2. The van der Waals surface area contributed by atoms with Crippen LogP contribution in [0.3, 0.4) is 0 Å². The molecule has 0 aliphatic carbocycles. The molecule has 3 rings (SSSR count). The van der Waals surface area contributed by atoms with Gasteiger partial charge in [-0.15, -0.1) is 0 Å². The van der Waals surface area contributed by atoms with Crippen LogP contribution in [-0.4, -0.2) is 61.8 Å². The molecule has 12 heteroatoms. The smallest absolute Gasteiger partial charge is 0.313 e. The number of carboxylic acid groups (broad SMARTS) is 1. The van der Waals surface area contributed by atoms with E-state index in [0.717, 1.165) is 16.3 Å². The molecule has 1 heterocycles. The summed E-state index contributed by atoms with van der Waals surface area (Å²) in [7, 11) is -4.29. The first-order valence-electron chi connectivity index (χ1n) is 12.3. The normalized spacial score (nSPS) is 15.4. The lowest BCUT2D eigenvalue weighted by Gasteiger charge is -2.27. The van der Waals surface area contributed by atoms with E-state index in [0.29, 0.717) is 5.69 Å². The Kier molecular flexibility index (Phi) is 9.79. The van der Waals surface area contributed by atoms with E-state index in [4.69, 9.17) is 10.8 Å². The monoisotopic (exact) mass is 543 g/mol. The first-order chi connectivity index (χ1) is 18.0. The summed E-state index contributed by atoms with van der Waals surface area (Å²) < 4.78 is 12.8. The van der Waals surface area contributed by atoms with Crippen molar-refractivity contribution in [1.82, 2.24) is 20.6 Å². The molecule has 11 nitrogen and oxygen atoms in total. The average molecular weight is 544 g/mol. The highest BCUT2D eigenvalue weighted by atomic mass is 31.2. The minimum atomic E-state index is -4.29. The van der Waals surface area contributed by atoms with Gasteiger partial charge in [0.15, 0.2) is 0 Å². The number of aliphatic carboxylic acids is 1. The van der Waals surface area contributed by atoms with Crippen LogP contribution in [0.15, 0.2) is 55.0 Å². The van der Waals surface area contributed by atoms with E-state index in [1.807, 2.05) is 42.5 Å². The molecule has 0 spiro atoms. The van der Waals surface area contributed by atoms with Crippen molar-refractivity contribution in [2.24, 2.45) is 11.7 Å². The van der Waals surface area contributed by atoms with Crippen molar-refractivity contribution in [2.45, 2.75) is 51.0 Å². The standard InChI is InChI=1S/C26H34N5O6P/c1-16(2)10-23(38(36,37)14-24(32)33)31-26(35)22(12-19-13-28-15-29-19)30-25(34)21(27)11-18-8-5-7-17-6-3-4-9-20(17)18/h3-9,13,15-16,21-23H,10-12,14,27H2,1-2H3,(H,28,29)(H,30,34)(H,31,35)(H,32,33)(H,36,37)/t21-,22+,23?/m1/s1. The van der Waals surface area contributed by atoms with Crippen LogP contribution in [-0.2, 0) is 31.8 Å². The number of aromatic amines is 1. The summed E-state index contributed by atoms with van der Waals surface area (Å²) in [6.45, 7) is 3.57. The molecular weight excluding hydrogens is 509 g/mol. The van der Waals surface area contributed by atoms with Gasteiger partial charge in [0.25, 0.3) is 0 Å². The maximum Gasteiger partial charge on any atom is 0.313 e. The molecule has 0 aliphatic rings. The molecule has 0 aliphatic heterocycles. The van der Waals surface area contributed by atoms with Crippen molar-refractivity contribution in [3.63, 3.8) is 0 Å². The third-order valence-corrected chi connectivity index (χ3v) is 8.15. The van der Waals surface area contributed by atoms with Crippen molar-refractivity contribution >= 4 is 35.9 Å². The predicted molar refractivity (Wildman–Crippen MR) is 144 cm³/mol. The molecule has 204 valence electrons. The molecule has 4 atom stereocenters. The number of H-pyrrole nitrogens is 1. The van der Waals surface area contributed by atoms with E-state index >= 15 is 0 Å². The summed E-state index contributed by atoms with van der Waals surface area (Å²) in [4.78, 5) is 54.9. The summed E-state index contributed by atoms with van der Waals surface area (Å²) in [5.74, 6) is -4.16. The molecule has 0 radical (unpaired) electrons. The third-order valence-electron chi connectivity index (χ3n) is 6.11. The Morgan fingerprint density at radius 3 is 2.42 bits per heavy atom. The van der Waals surface area contributed by atoms with Crippen molar-refractivity contribution in [3.8, 4) is 0 Å². The van der Waals surface area contributed by atoms with Crippen LogP contribution in [0.25, 0.3) is 10.8 Å². The number of fused-ring (bicyclic) bond motifs is 1. The van der Waals surface area contributed by atoms with Gasteiger partial charge < -0.3 is 31.4 Å². The summed E-state index contributed by atoms with van der Waals surface area (Å²) >= 11 is 0. The van der Waals surface area contributed by atoms with Gasteiger partial charge in [0, 0.05) is 12.6 Å². The second kappa shape index (κ2) is 12.8. The van der Waals surface area contributed by atoms with E-state index in [1.54, 1.807) is 20.0 Å². The molecule has 3 aromatic rings. The Balaban J connectivity index is 1.78. The fourth-order valence-electron chi connectivity index (χ4n) is 4.24. The lowest BCUT2D eigenvalue weighted by Crippen LogP contribution is -2.54. The van der Waals surface area contributed by atoms with Crippen LogP contribution in [0.5, 0.6) is 0 Å². The highest BCUT2D eigenvalue weighted by molar-refractivity contribution is 7.59. The van der Waals surface area contributed by atoms with Crippen molar-refractivity contribution < 1.29 is 28.9 Å². The second-order valence-electron chi connectivity index (χ2n) is 9.74. The summed E-state index contributed by atoms with van der Waals surface area (Å²) in [6.07, 6.45) is 2.30. The van der Waals surface area contributed by atoms with Crippen molar-refractivity contribution in [2.75, 3.05) is 6.16 Å². The van der Waals surface area contributed by atoms with Crippen LogP contribution < -0.4 is 16.4 Å². The van der Waals surface area contributed by atoms with E-state index in [-0.39, 0.29) is 25.2 Å².